The number of rotatable bonds is 9. The van der Waals surface area contributed by atoms with Crippen LogP contribution in [0.5, 0.6) is 0 Å². The number of aromatic nitrogens is 1. The number of unbranched alkanes of at least 4 members (excludes halogenated alkanes) is 2. The van der Waals surface area contributed by atoms with E-state index in [0.717, 1.165) is 54.8 Å². The molecule has 7 heteroatoms. The highest BCUT2D eigenvalue weighted by molar-refractivity contribution is 9.10. The molecule has 25 heavy (non-hydrogen) atoms. The van der Waals surface area contributed by atoms with Gasteiger partial charge in [-0.25, -0.2) is 9.98 Å². The van der Waals surface area contributed by atoms with E-state index >= 15 is 0 Å². The highest BCUT2D eigenvalue weighted by atomic mass is 79.9. The Balaban J connectivity index is 2.04. The van der Waals surface area contributed by atoms with E-state index in [9.17, 15) is 0 Å². The number of pyridine rings is 1. The largest absolute Gasteiger partial charge is 0.352 e. The minimum Gasteiger partial charge on any atom is -0.352 e. The summed E-state index contributed by atoms with van der Waals surface area (Å²) >= 11 is 20.2. The van der Waals surface area contributed by atoms with Crippen molar-refractivity contribution in [2.75, 3.05) is 18.0 Å². The molecule has 0 saturated carbocycles. The van der Waals surface area contributed by atoms with Gasteiger partial charge in [0, 0.05) is 30.3 Å². The Morgan fingerprint density at radius 2 is 1.96 bits per heavy atom. The van der Waals surface area contributed by atoms with E-state index in [-0.39, 0.29) is 0 Å². The molecule has 0 aliphatic rings. The summed E-state index contributed by atoms with van der Waals surface area (Å²) in [5.74, 6) is 0.936. The molecule has 2 aromatic rings. The summed E-state index contributed by atoms with van der Waals surface area (Å²) in [6.45, 7) is 2.37. The van der Waals surface area contributed by atoms with Crippen LogP contribution in [0.25, 0.3) is 0 Å². The maximum atomic E-state index is 6.14. The van der Waals surface area contributed by atoms with Crippen molar-refractivity contribution in [2.24, 2.45) is 4.99 Å². The number of aliphatic imine (C=N–C) groups is 1. The molecule has 132 valence electrons. The van der Waals surface area contributed by atoms with Crippen molar-refractivity contribution < 1.29 is 0 Å². The lowest BCUT2D eigenvalue weighted by atomic mass is 10.2. The smallest absolute Gasteiger partial charge is 0.128 e. The summed E-state index contributed by atoms with van der Waals surface area (Å²) < 4.78 is 0.962. The van der Waals surface area contributed by atoms with Crippen molar-refractivity contribution in [3.05, 3.63) is 56.6 Å². The predicted octanol–water partition coefficient (Wildman–Crippen LogP) is 6.43. The summed E-state index contributed by atoms with van der Waals surface area (Å²) in [6, 6.07) is 9.74. The van der Waals surface area contributed by atoms with Crippen LogP contribution in [-0.2, 0) is 6.54 Å². The second-order valence-electron chi connectivity index (χ2n) is 5.54. The molecule has 0 N–H and O–H groups in total. The molecule has 0 atom stereocenters. The number of anilines is 1. The lowest BCUT2D eigenvalue weighted by molar-refractivity contribution is 0.653. The maximum Gasteiger partial charge on any atom is 0.128 e. The second kappa shape index (κ2) is 10.9. The van der Waals surface area contributed by atoms with Gasteiger partial charge in [0.05, 0.1) is 15.2 Å². The Labute approximate surface area is 172 Å². The lowest BCUT2D eigenvalue weighted by Crippen LogP contribution is -2.25. The normalized spacial score (nSPS) is 10.4. The molecule has 0 aliphatic heterocycles. The van der Waals surface area contributed by atoms with Gasteiger partial charge in [-0.2, -0.15) is 0 Å². The van der Waals surface area contributed by atoms with Crippen LogP contribution in [0.3, 0.4) is 0 Å². The van der Waals surface area contributed by atoms with E-state index in [1.807, 2.05) is 36.5 Å². The number of benzene rings is 1. The number of isothiocyanates is 1. The summed E-state index contributed by atoms with van der Waals surface area (Å²) in [7, 11) is 0. The van der Waals surface area contributed by atoms with E-state index < -0.39 is 0 Å². The second-order valence-corrected chi connectivity index (χ2v) is 7.45. The summed E-state index contributed by atoms with van der Waals surface area (Å²) in [5, 5.41) is 3.54. The Kier molecular flexibility index (Phi) is 8.87. The molecule has 0 unspecified atom stereocenters. The van der Waals surface area contributed by atoms with Crippen LogP contribution in [0, 0.1) is 0 Å². The van der Waals surface area contributed by atoms with Gasteiger partial charge >= 0.3 is 0 Å². The van der Waals surface area contributed by atoms with Gasteiger partial charge in [0.25, 0.3) is 0 Å². The van der Waals surface area contributed by atoms with Crippen molar-refractivity contribution in [1.82, 2.24) is 4.98 Å². The van der Waals surface area contributed by atoms with Gasteiger partial charge < -0.3 is 4.90 Å². The topological polar surface area (TPSA) is 28.5 Å². The average molecular weight is 459 g/mol. The minimum absolute atomic E-state index is 0.567. The first kappa shape index (κ1) is 20.3. The van der Waals surface area contributed by atoms with Crippen LogP contribution in [-0.4, -0.2) is 23.2 Å². The molecule has 0 fully saturated rings. The van der Waals surface area contributed by atoms with E-state index in [1.165, 1.54) is 0 Å². The van der Waals surface area contributed by atoms with Gasteiger partial charge in [-0.05, 0) is 77.2 Å². The Bertz CT molecular complexity index is 734. The van der Waals surface area contributed by atoms with Crippen LogP contribution in [0.4, 0.5) is 5.82 Å². The molecule has 0 saturated heterocycles. The highest BCUT2D eigenvalue weighted by Crippen LogP contribution is 2.25. The first-order valence-corrected chi connectivity index (χ1v) is 9.90. The SMILES string of the molecule is S=C=NCCCCCN(Cc1ccc(Cl)c(Cl)c1)c1ccc(Br)cn1. The Morgan fingerprint density at radius 3 is 2.64 bits per heavy atom. The molecule has 0 bridgehead atoms. The van der Waals surface area contributed by atoms with Gasteiger partial charge in [0.1, 0.15) is 5.82 Å². The molecular formula is C18H18BrCl2N3S. The zero-order valence-electron chi connectivity index (χ0n) is 13.6. The summed E-state index contributed by atoms with van der Waals surface area (Å²) in [6.07, 6.45) is 4.95. The van der Waals surface area contributed by atoms with E-state index in [2.05, 4.69) is 48.2 Å². The van der Waals surface area contributed by atoms with Crippen LogP contribution < -0.4 is 4.90 Å². The molecule has 1 aromatic heterocycles. The predicted molar refractivity (Wildman–Crippen MR) is 113 cm³/mol. The summed E-state index contributed by atoms with van der Waals surface area (Å²) in [4.78, 5) is 10.7. The highest BCUT2D eigenvalue weighted by Gasteiger charge is 2.10. The molecule has 0 aliphatic carbocycles. The van der Waals surface area contributed by atoms with Crippen molar-refractivity contribution >= 4 is 62.3 Å². The molecule has 1 aromatic carbocycles. The van der Waals surface area contributed by atoms with Crippen molar-refractivity contribution in [3.63, 3.8) is 0 Å². The van der Waals surface area contributed by atoms with E-state index in [4.69, 9.17) is 23.2 Å². The zero-order chi connectivity index (χ0) is 18.1. The fraction of sp³-hybridized carbons (Fsp3) is 0.333. The first-order chi connectivity index (χ1) is 12.1. The molecule has 0 radical (unpaired) electrons. The minimum atomic E-state index is 0.567. The van der Waals surface area contributed by atoms with Crippen LogP contribution in [0.15, 0.2) is 46.0 Å². The number of thiocarbonyl (C=S) groups is 1. The monoisotopic (exact) mass is 457 g/mol. The number of nitrogens with zero attached hydrogens (tertiary/aromatic N) is 3. The standard InChI is InChI=1S/C18H18BrCl2N3S/c19-15-5-7-18(23-11-15)24(9-3-1-2-8-22-13-25)12-14-4-6-16(20)17(21)10-14/h4-7,10-11H,1-3,8-9,12H2. The van der Waals surface area contributed by atoms with Crippen LogP contribution >= 0.6 is 51.3 Å². The van der Waals surface area contributed by atoms with Gasteiger partial charge in [-0.15, -0.1) is 0 Å². The Morgan fingerprint density at radius 1 is 1.12 bits per heavy atom. The van der Waals surface area contributed by atoms with Crippen molar-refractivity contribution in [3.8, 4) is 0 Å². The third kappa shape index (κ3) is 7.04. The average Bonchev–Trinajstić information content (AvgIpc) is 2.61. The molecule has 3 nitrogen and oxygen atoms in total. The van der Waals surface area contributed by atoms with Gasteiger partial charge in [-0.1, -0.05) is 29.3 Å². The quantitative estimate of drug-likeness (QED) is 0.246. The summed E-state index contributed by atoms with van der Waals surface area (Å²) in [5.41, 5.74) is 1.10. The lowest BCUT2D eigenvalue weighted by Gasteiger charge is -2.24. The molecule has 0 amide bonds. The molecule has 1 heterocycles. The third-order valence-electron chi connectivity index (χ3n) is 3.66. The van der Waals surface area contributed by atoms with Crippen molar-refractivity contribution in [2.45, 2.75) is 25.8 Å². The Hall–Kier alpha value is -0.970. The van der Waals surface area contributed by atoms with Gasteiger partial charge in [0.2, 0.25) is 0 Å². The number of hydrogen-bond donors (Lipinski definition) is 0. The fourth-order valence-corrected chi connectivity index (χ4v) is 3.05. The van der Waals surface area contributed by atoms with E-state index in [1.54, 1.807) is 0 Å². The third-order valence-corrected chi connectivity index (χ3v) is 4.99. The number of halogens is 3. The first-order valence-electron chi connectivity index (χ1n) is 7.94. The maximum absolute atomic E-state index is 6.14. The van der Waals surface area contributed by atoms with E-state index in [0.29, 0.717) is 10.0 Å². The number of hydrogen-bond acceptors (Lipinski definition) is 4. The fourth-order valence-electron chi connectivity index (χ4n) is 2.40. The molecule has 2 rings (SSSR count). The molecular weight excluding hydrogens is 441 g/mol. The zero-order valence-corrected chi connectivity index (χ0v) is 17.5. The van der Waals surface area contributed by atoms with Crippen molar-refractivity contribution in [1.29, 1.82) is 0 Å². The van der Waals surface area contributed by atoms with Crippen LogP contribution in [0.1, 0.15) is 24.8 Å². The molecule has 0 spiro atoms. The van der Waals surface area contributed by atoms with Crippen LogP contribution in [0.2, 0.25) is 10.0 Å². The van der Waals surface area contributed by atoms with Gasteiger partial charge in [0.15, 0.2) is 0 Å². The van der Waals surface area contributed by atoms with Gasteiger partial charge in [-0.3, -0.25) is 0 Å².